The highest BCUT2D eigenvalue weighted by molar-refractivity contribution is 7.86. The van der Waals surface area contributed by atoms with Crippen LogP contribution in [0.4, 0.5) is 13.2 Å². The quantitative estimate of drug-likeness (QED) is 0.214. The summed E-state index contributed by atoms with van der Waals surface area (Å²) in [5.74, 6) is 1.05. The standard InChI is InChI=1S/C21H19O4.CHF3O3S/c1-3-24-21(22)20-14-17(15-7-5-4-6-8-15)13-19(25-20)16-9-11-18(23-2)12-10-16;2-1(3,4)8(5,6)7/h4-14H,3H2,1-2H3;(H,5,6,7)/q+1;/p-1. The molecule has 7 nitrogen and oxygen atoms in total. The van der Waals surface area contributed by atoms with Crippen LogP contribution in [0, 0.1) is 0 Å². The molecule has 3 aromatic rings. The van der Waals surface area contributed by atoms with Gasteiger partial charge >= 0.3 is 23.0 Å². The zero-order chi connectivity index (χ0) is 24.6. The smallest absolute Gasteiger partial charge is 0.485 e. The predicted octanol–water partition coefficient (Wildman–Crippen LogP) is 5.13. The van der Waals surface area contributed by atoms with Crippen molar-refractivity contribution in [1.29, 1.82) is 0 Å². The summed E-state index contributed by atoms with van der Waals surface area (Å²) in [4.78, 5) is 12.2. The van der Waals surface area contributed by atoms with Gasteiger partial charge in [0.2, 0.25) is 0 Å². The maximum absolute atomic E-state index is 12.2. The Bertz CT molecular complexity index is 1180. The van der Waals surface area contributed by atoms with E-state index < -0.39 is 21.6 Å². The van der Waals surface area contributed by atoms with Gasteiger partial charge in [0.1, 0.15) is 5.75 Å². The Balaban J connectivity index is 0.000000414. The molecular formula is C22H19F3O7S. The summed E-state index contributed by atoms with van der Waals surface area (Å²) in [6.07, 6.45) is 0. The van der Waals surface area contributed by atoms with Crippen molar-refractivity contribution in [2.45, 2.75) is 12.4 Å². The van der Waals surface area contributed by atoms with Gasteiger partial charge in [-0.25, -0.2) is 13.2 Å². The molecule has 0 saturated heterocycles. The molecule has 1 heterocycles. The average molecular weight is 484 g/mol. The monoisotopic (exact) mass is 484 g/mol. The molecule has 1 aromatic heterocycles. The van der Waals surface area contributed by atoms with Gasteiger partial charge in [-0.2, -0.15) is 17.6 Å². The molecular weight excluding hydrogens is 465 g/mol. The second-order valence-electron chi connectivity index (χ2n) is 6.29. The van der Waals surface area contributed by atoms with Crippen molar-refractivity contribution in [3.63, 3.8) is 0 Å². The van der Waals surface area contributed by atoms with E-state index >= 15 is 0 Å². The van der Waals surface area contributed by atoms with Gasteiger partial charge in [-0.1, -0.05) is 30.3 Å². The first-order valence-corrected chi connectivity index (χ1v) is 10.7. The molecule has 0 unspecified atom stereocenters. The second kappa shape index (κ2) is 10.9. The van der Waals surface area contributed by atoms with Crippen molar-refractivity contribution < 1.29 is 44.8 Å². The van der Waals surface area contributed by atoms with Crippen LogP contribution in [0.2, 0.25) is 0 Å². The van der Waals surface area contributed by atoms with Gasteiger partial charge in [-0.05, 0) is 36.8 Å². The minimum atomic E-state index is -6.09. The molecule has 0 aliphatic heterocycles. The number of hydrogen-bond acceptors (Lipinski definition) is 6. The number of benzene rings is 2. The lowest BCUT2D eigenvalue weighted by atomic mass is 10.0. The summed E-state index contributed by atoms with van der Waals surface area (Å²) in [7, 11) is -4.47. The molecule has 0 N–H and O–H groups in total. The third kappa shape index (κ3) is 7.29. The Hall–Kier alpha value is -3.44. The van der Waals surface area contributed by atoms with Gasteiger partial charge in [0.05, 0.1) is 31.4 Å². The van der Waals surface area contributed by atoms with Crippen molar-refractivity contribution in [3.8, 4) is 28.2 Å². The number of carbonyl (C=O) groups excluding carboxylic acids is 1. The maximum Gasteiger partial charge on any atom is 0.485 e. The highest BCUT2D eigenvalue weighted by atomic mass is 32.2. The Morgan fingerprint density at radius 1 is 0.970 bits per heavy atom. The van der Waals surface area contributed by atoms with E-state index in [0.29, 0.717) is 12.4 Å². The lowest BCUT2D eigenvalue weighted by Crippen LogP contribution is -2.21. The third-order valence-electron chi connectivity index (χ3n) is 4.03. The lowest BCUT2D eigenvalue weighted by Gasteiger charge is -2.08. The summed E-state index contributed by atoms with van der Waals surface area (Å²) in [6.45, 7) is 2.06. The maximum atomic E-state index is 12.2. The van der Waals surface area contributed by atoms with Crippen LogP contribution in [0.5, 0.6) is 5.75 Å². The van der Waals surface area contributed by atoms with Crippen molar-refractivity contribution in [3.05, 3.63) is 72.5 Å². The van der Waals surface area contributed by atoms with Gasteiger partial charge in [-0.15, -0.1) is 0 Å². The summed E-state index contributed by atoms with van der Waals surface area (Å²) in [6, 6.07) is 20.9. The summed E-state index contributed by atoms with van der Waals surface area (Å²) >= 11 is 0. The van der Waals surface area contributed by atoms with Gasteiger partial charge < -0.3 is 14.0 Å². The molecule has 0 fully saturated rings. The van der Waals surface area contributed by atoms with Gasteiger partial charge in [0.15, 0.2) is 10.1 Å². The molecule has 0 bridgehead atoms. The minimum absolute atomic E-state index is 0.175. The molecule has 3 rings (SSSR count). The van der Waals surface area contributed by atoms with Crippen molar-refractivity contribution in [2.24, 2.45) is 0 Å². The van der Waals surface area contributed by atoms with E-state index in [9.17, 15) is 18.0 Å². The molecule has 0 radical (unpaired) electrons. The summed E-state index contributed by atoms with van der Waals surface area (Å²) < 4.78 is 75.0. The highest BCUT2D eigenvalue weighted by Crippen LogP contribution is 2.29. The SMILES string of the molecule is CCOC(=O)c1cc(-c2ccccc2)cc(-c2ccc(OC)cc2)[o+]1.O=S(=O)([O-])C(F)(F)F. The average Bonchev–Trinajstić information content (AvgIpc) is 2.78. The topological polar surface area (TPSA) is 104 Å². The van der Waals surface area contributed by atoms with Crippen molar-refractivity contribution in [1.82, 2.24) is 0 Å². The number of rotatable bonds is 5. The first kappa shape index (κ1) is 25.8. The Kier molecular flexibility index (Phi) is 8.55. The Morgan fingerprint density at radius 3 is 2.03 bits per heavy atom. The molecule has 0 atom stereocenters. The number of ether oxygens (including phenoxy) is 2. The first-order chi connectivity index (χ1) is 15.5. The molecule has 0 aliphatic carbocycles. The fourth-order valence-corrected chi connectivity index (χ4v) is 2.50. The van der Waals surface area contributed by atoms with E-state index in [-0.39, 0.29) is 5.76 Å². The number of methoxy groups -OCH3 is 1. The number of carbonyl (C=O) groups is 1. The highest BCUT2D eigenvalue weighted by Gasteiger charge is 2.37. The van der Waals surface area contributed by atoms with E-state index in [1.165, 1.54) is 0 Å². The van der Waals surface area contributed by atoms with Crippen LogP contribution >= 0.6 is 0 Å². The van der Waals surface area contributed by atoms with E-state index in [4.69, 9.17) is 26.9 Å². The zero-order valence-corrected chi connectivity index (χ0v) is 18.3. The van der Waals surface area contributed by atoms with Gasteiger partial charge in [0.25, 0.3) is 0 Å². The van der Waals surface area contributed by atoms with E-state index in [1.807, 2.05) is 60.7 Å². The van der Waals surface area contributed by atoms with Crippen LogP contribution in [0.3, 0.4) is 0 Å². The molecule has 176 valence electrons. The second-order valence-corrected chi connectivity index (χ2v) is 7.66. The Labute approximate surface area is 188 Å². The summed E-state index contributed by atoms with van der Waals surface area (Å²) in [5, 5.41) is 0. The van der Waals surface area contributed by atoms with E-state index in [0.717, 1.165) is 22.4 Å². The van der Waals surface area contributed by atoms with Crippen molar-refractivity contribution >= 4 is 16.1 Å². The molecule has 0 amide bonds. The number of halogens is 3. The molecule has 33 heavy (non-hydrogen) atoms. The van der Waals surface area contributed by atoms with Crippen LogP contribution in [-0.2, 0) is 14.9 Å². The molecule has 0 aliphatic rings. The molecule has 11 heteroatoms. The number of esters is 1. The molecule has 0 spiro atoms. The fourth-order valence-electron chi connectivity index (χ4n) is 2.50. The van der Waals surface area contributed by atoms with Gasteiger partial charge in [0, 0.05) is 5.56 Å². The number of alkyl halides is 3. The minimum Gasteiger partial charge on any atom is -0.741 e. The normalized spacial score (nSPS) is 11.2. The zero-order valence-electron chi connectivity index (χ0n) is 17.5. The number of hydrogen-bond donors (Lipinski definition) is 0. The largest absolute Gasteiger partial charge is 0.741 e. The van der Waals surface area contributed by atoms with Crippen LogP contribution in [0.25, 0.3) is 22.5 Å². The lowest BCUT2D eigenvalue weighted by molar-refractivity contribution is -0.0517. The Morgan fingerprint density at radius 2 is 1.55 bits per heavy atom. The van der Waals surface area contributed by atoms with E-state index in [1.54, 1.807) is 20.1 Å². The predicted molar refractivity (Wildman–Crippen MR) is 112 cm³/mol. The van der Waals surface area contributed by atoms with Crippen LogP contribution in [-0.4, -0.2) is 38.2 Å². The van der Waals surface area contributed by atoms with Crippen LogP contribution in [0.1, 0.15) is 17.5 Å². The first-order valence-electron chi connectivity index (χ1n) is 9.33. The van der Waals surface area contributed by atoms with E-state index in [2.05, 4.69) is 0 Å². The fraction of sp³-hybridized carbons (Fsp3) is 0.182. The molecule has 0 saturated carbocycles. The van der Waals surface area contributed by atoms with Crippen LogP contribution in [0.15, 0.2) is 71.1 Å². The molecule has 2 aromatic carbocycles. The van der Waals surface area contributed by atoms with Gasteiger partial charge in [-0.3, -0.25) is 0 Å². The third-order valence-corrected chi connectivity index (χ3v) is 4.60. The van der Waals surface area contributed by atoms with Crippen LogP contribution < -0.4 is 4.74 Å². The summed E-state index contributed by atoms with van der Waals surface area (Å²) in [5.41, 5.74) is -2.91. The van der Waals surface area contributed by atoms with Crippen molar-refractivity contribution in [2.75, 3.05) is 13.7 Å².